The number of hydrogen-bond acceptors (Lipinski definition) is 1. The highest BCUT2D eigenvalue weighted by Crippen LogP contribution is 2.26. The Balaban J connectivity index is 2.04. The quantitative estimate of drug-likeness (QED) is 0.687. The maximum absolute atomic E-state index is 2.30. The largest absolute Gasteiger partial charge is 0.377 e. The van der Waals surface area contributed by atoms with Crippen molar-refractivity contribution in [2.24, 2.45) is 0 Å². The molecule has 0 bridgehead atoms. The molecule has 0 atom stereocenters. The van der Waals surface area contributed by atoms with E-state index in [-0.39, 0.29) is 0 Å². The van der Waals surface area contributed by atoms with Gasteiger partial charge in [-0.25, -0.2) is 0 Å². The van der Waals surface area contributed by atoms with Gasteiger partial charge in [0.25, 0.3) is 0 Å². The van der Waals surface area contributed by atoms with Gasteiger partial charge in [-0.05, 0) is 23.8 Å². The Hall–Kier alpha value is -2.22. The molecule has 0 spiro atoms. The zero-order chi connectivity index (χ0) is 13.2. The molecule has 0 radical (unpaired) electrons. The monoisotopic (exact) mass is 250 g/mol. The number of anilines is 1. The van der Waals surface area contributed by atoms with Gasteiger partial charge in [-0.2, -0.15) is 0 Å². The van der Waals surface area contributed by atoms with Gasteiger partial charge in [0, 0.05) is 37.9 Å². The summed E-state index contributed by atoms with van der Waals surface area (Å²) in [5, 5.41) is 1.31. The molecule has 0 fully saturated rings. The molecule has 0 saturated carbocycles. The van der Waals surface area contributed by atoms with Crippen molar-refractivity contribution in [3.63, 3.8) is 0 Å². The highest BCUT2D eigenvalue weighted by atomic mass is 15.1. The van der Waals surface area contributed by atoms with Gasteiger partial charge in [0.1, 0.15) is 0 Å². The lowest BCUT2D eigenvalue weighted by Crippen LogP contribution is -2.08. The molecule has 1 heterocycles. The maximum atomic E-state index is 2.30. The van der Waals surface area contributed by atoms with E-state index in [1.807, 2.05) is 0 Å². The minimum absolute atomic E-state index is 0.918. The Bertz CT molecular complexity index is 681. The molecule has 2 aromatic carbocycles. The van der Waals surface area contributed by atoms with E-state index < -0.39 is 0 Å². The summed E-state index contributed by atoms with van der Waals surface area (Å²) in [4.78, 5) is 2.16. The average molecular weight is 250 g/mol. The minimum atomic E-state index is 0.918. The van der Waals surface area contributed by atoms with Crippen LogP contribution in [0.3, 0.4) is 0 Å². The average Bonchev–Trinajstić information content (AvgIpc) is 2.83. The molecule has 3 aromatic rings. The minimum Gasteiger partial charge on any atom is -0.377 e. The zero-order valence-corrected chi connectivity index (χ0v) is 11.4. The van der Waals surface area contributed by atoms with Crippen molar-refractivity contribution in [2.45, 2.75) is 6.54 Å². The third-order valence-corrected chi connectivity index (χ3v) is 3.47. The Morgan fingerprint density at radius 1 is 0.895 bits per heavy atom. The van der Waals surface area contributed by atoms with Crippen molar-refractivity contribution >= 4 is 16.6 Å². The Morgan fingerprint density at radius 3 is 2.42 bits per heavy atom. The molecule has 3 rings (SSSR count). The first-order valence-electron chi connectivity index (χ1n) is 6.55. The summed E-state index contributed by atoms with van der Waals surface area (Å²) in [5.41, 5.74) is 3.88. The van der Waals surface area contributed by atoms with Gasteiger partial charge >= 0.3 is 0 Å². The maximum Gasteiger partial charge on any atom is 0.0504 e. The second-order valence-corrected chi connectivity index (χ2v) is 5.03. The van der Waals surface area contributed by atoms with Crippen LogP contribution in [0.4, 0.5) is 5.69 Å². The number of aromatic nitrogens is 1. The van der Waals surface area contributed by atoms with Crippen LogP contribution >= 0.6 is 0 Å². The first-order valence-corrected chi connectivity index (χ1v) is 6.55. The number of benzene rings is 2. The summed E-state index contributed by atoms with van der Waals surface area (Å²) in [6, 6.07) is 19.2. The summed E-state index contributed by atoms with van der Waals surface area (Å²) in [6.07, 6.45) is 2.17. The van der Waals surface area contributed by atoms with Crippen LogP contribution in [0.2, 0.25) is 0 Å². The van der Waals surface area contributed by atoms with Gasteiger partial charge < -0.3 is 9.47 Å². The summed E-state index contributed by atoms with van der Waals surface area (Å²) < 4.78 is 2.30. The fourth-order valence-electron chi connectivity index (χ4n) is 2.52. The van der Waals surface area contributed by atoms with Crippen LogP contribution in [0.15, 0.2) is 60.8 Å². The Labute approximate surface area is 113 Å². The van der Waals surface area contributed by atoms with Gasteiger partial charge in [0.15, 0.2) is 0 Å². The lowest BCUT2D eigenvalue weighted by atomic mass is 10.2. The van der Waals surface area contributed by atoms with Crippen LogP contribution in [0, 0.1) is 0 Å². The standard InChI is InChI=1S/C17H18N2/c1-18(2)16-9-6-10-17-15(16)11-12-19(17)13-14-7-4-3-5-8-14/h3-12H,13H2,1-2H3. The molecular formula is C17H18N2. The van der Waals surface area contributed by atoms with Crippen LogP contribution in [-0.4, -0.2) is 18.7 Å². The van der Waals surface area contributed by atoms with Crippen LogP contribution in [0.1, 0.15) is 5.56 Å². The highest BCUT2D eigenvalue weighted by molar-refractivity contribution is 5.92. The smallest absolute Gasteiger partial charge is 0.0504 e. The Morgan fingerprint density at radius 2 is 1.68 bits per heavy atom. The first kappa shape index (κ1) is 11.8. The molecule has 0 aliphatic heterocycles. The third kappa shape index (κ3) is 2.22. The van der Waals surface area contributed by atoms with E-state index in [0.717, 1.165) is 6.54 Å². The summed E-state index contributed by atoms with van der Waals surface area (Å²) in [5.74, 6) is 0. The first-order chi connectivity index (χ1) is 9.25. The van der Waals surface area contributed by atoms with Gasteiger partial charge in [-0.1, -0.05) is 36.4 Å². The predicted molar refractivity (Wildman–Crippen MR) is 81.8 cm³/mol. The molecule has 0 N–H and O–H groups in total. The van der Waals surface area contributed by atoms with E-state index in [4.69, 9.17) is 0 Å². The Kier molecular flexibility index (Phi) is 3.00. The molecule has 0 aliphatic rings. The van der Waals surface area contributed by atoms with Crippen molar-refractivity contribution in [3.05, 3.63) is 66.4 Å². The molecule has 0 saturated heterocycles. The fourth-order valence-corrected chi connectivity index (χ4v) is 2.52. The van der Waals surface area contributed by atoms with E-state index in [2.05, 4.69) is 84.4 Å². The van der Waals surface area contributed by atoms with Crippen molar-refractivity contribution in [3.8, 4) is 0 Å². The van der Waals surface area contributed by atoms with E-state index in [9.17, 15) is 0 Å². The number of nitrogens with zero attached hydrogens (tertiary/aromatic N) is 2. The SMILES string of the molecule is CN(C)c1cccc2c1ccn2Cc1ccccc1. The van der Waals surface area contributed by atoms with E-state index in [1.54, 1.807) is 0 Å². The van der Waals surface area contributed by atoms with Crippen molar-refractivity contribution in [1.82, 2.24) is 4.57 Å². The highest BCUT2D eigenvalue weighted by Gasteiger charge is 2.06. The normalized spacial score (nSPS) is 10.8. The van der Waals surface area contributed by atoms with Crippen LogP contribution in [-0.2, 0) is 6.54 Å². The van der Waals surface area contributed by atoms with Gasteiger partial charge in [-0.15, -0.1) is 0 Å². The van der Waals surface area contributed by atoms with Crippen molar-refractivity contribution in [2.75, 3.05) is 19.0 Å². The molecular weight excluding hydrogens is 232 g/mol. The van der Waals surface area contributed by atoms with Gasteiger partial charge in [0.05, 0.1) is 5.52 Å². The number of rotatable bonds is 3. The second-order valence-electron chi connectivity index (χ2n) is 5.03. The molecule has 19 heavy (non-hydrogen) atoms. The molecule has 2 nitrogen and oxygen atoms in total. The van der Waals surface area contributed by atoms with Crippen LogP contribution in [0.25, 0.3) is 10.9 Å². The number of fused-ring (bicyclic) bond motifs is 1. The molecule has 96 valence electrons. The molecule has 0 unspecified atom stereocenters. The van der Waals surface area contributed by atoms with Crippen molar-refractivity contribution < 1.29 is 0 Å². The van der Waals surface area contributed by atoms with E-state index in [1.165, 1.54) is 22.2 Å². The van der Waals surface area contributed by atoms with E-state index >= 15 is 0 Å². The predicted octanol–water partition coefficient (Wildman–Crippen LogP) is 3.76. The van der Waals surface area contributed by atoms with Gasteiger partial charge in [0.2, 0.25) is 0 Å². The van der Waals surface area contributed by atoms with Crippen LogP contribution in [0.5, 0.6) is 0 Å². The van der Waals surface area contributed by atoms with Crippen molar-refractivity contribution in [1.29, 1.82) is 0 Å². The fraction of sp³-hybridized carbons (Fsp3) is 0.176. The third-order valence-electron chi connectivity index (χ3n) is 3.47. The lowest BCUT2D eigenvalue weighted by molar-refractivity contribution is 0.837. The second kappa shape index (κ2) is 4.81. The van der Waals surface area contributed by atoms with E-state index in [0.29, 0.717) is 0 Å². The summed E-state index contributed by atoms with van der Waals surface area (Å²) >= 11 is 0. The summed E-state index contributed by atoms with van der Waals surface area (Å²) in [6.45, 7) is 0.918. The summed E-state index contributed by atoms with van der Waals surface area (Å²) in [7, 11) is 4.17. The molecule has 0 aliphatic carbocycles. The topological polar surface area (TPSA) is 8.17 Å². The molecule has 1 aromatic heterocycles. The molecule has 0 amide bonds. The number of hydrogen-bond donors (Lipinski definition) is 0. The zero-order valence-electron chi connectivity index (χ0n) is 11.4. The lowest BCUT2D eigenvalue weighted by Gasteiger charge is -2.14. The molecule has 2 heteroatoms. The van der Waals surface area contributed by atoms with Gasteiger partial charge in [-0.3, -0.25) is 0 Å². The van der Waals surface area contributed by atoms with Crippen LogP contribution < -0.4 is 4.90 Å².